The summed E-state index contributed by atoms with van der Waals surface area (Å²) in [5.74, 6) is 1.92. The maximum atomic E-state index is 12.4. The van der Waals surface area contributed by atoms with Gasteiger partial charge in [0.1, 0.15) is 11.8 Å². The smallest absolute Gasteiger partial charge is 0.249 e. The number of amides is 1. The second kappa shape index (κ2) is 7.84. The Kier molecular flexibility index (Phi) is 5.10. The lowest BCUT2D eigenvalue weighted by Crippen LogP contribution is -2.27. The van der Waals surface area contributed by atoms with Crippen molar-refractivity contribution < 1.29 is 14.1 Å². The third kappa shape index (κ3) is 3.91. The first-order valence-corrected chi connectivity index (χ1v) is 9.54. The van der Waals surface area contributed by atoms with Crippen molar-refractivity contribution in [3.8, 4) is 17.1 Å². The number of carbonyl (C=O) groups excluding carboxylic acids is 1. The van der Waals surface area contributed by atoms with E-state index in [-0.39, 0.29) is 18.1 Å². The van der Waals surface area contributed by atoms with Crippen LogP contribution in [0.3, 0.4) is 0 Å². The predicted molar refractivity (Wildman–Crippen MR) is 104 cm³/mol. The Bertz CT molecular complexity index is 935. The van der Waals surface area contributed by atoms with Crippen LogP contribution in [-0.4, -0.2) is 27.1 Å². The Hall–Kier alpha value is -3.15. The fourth-order valence-corrected chi connectivity index (χ4v) is 3.41. The van der Waals surface area contributed by atoms with Crippen LogP contribution < -0.4 is 4.74 Å². The van der Waals surface area contributed by atoms with E-state index in [9.17, 15) is 4.79 Å². The Morgan fingerprint density at radius 2 is 1.89 bits per heavy atom. The molecule has 1 atom stereocenters. The molecule has 0 spiro atoms. The molecule has 1 saturated heterocycles. The van der Waals surface area contributed by atoms with Gasteiger partial charge in [-0.1, -0.05) is 35.5 Å². The Balaban J connectivity index is 1.52. The molecule has 1 aliphatic heterocycles. The van der Waals surface area contributed by atoms with Crippen molar-refractivity contribution in [1.82, 2.24) is 15.0 Å². The summed E-state index contributed by atoms with van der Waals surface area (Å²) in [5.41, 5.74) is 1.94. The molecule has 1 fully saturated rings. The van der Waals surface area contributed by atoms with Crippen molar-refractivity contribution >= 4 is 5.91 Å². The molecule has 0 radical (unpaired) electrons. The number of carbonyl (C=O) groups is 1. The topological polar surface area (TPSA) is 68.5 Å². The molecule has 1 aromatic heterocycles. The van der Waals surface area contributed by atoms with Gasteiger partial charge in [-0.15, -0.1) is 0 Å². The molecule has 4 rings (SSSR count). The van der Waals surface area contributed by atoms with Gasteiger partial charge in [-0.25, -0.2) is 0 Å². The van der Waals surface area contributed by atoms with Gasteiger partial charge in [0.15, 0.2) is 0 Å². The average Bonchev–Trinajstić information content (AvgIpc) is 3.30. The molecule has 3 aromatic rings. The summed E-state index contributed by atoms with van der Waals surface area (Å²) in [5, 5.41) is 4.12. The highest BCUT2D eigenvalue weighted by molar-refractivity contribution is 5.78. The average molecular weight is 377 g/mol. The van der Waals surface area contributed by atoms with Crippen molar-refractivity contribution in [2.24, 2.45) is 0 Å². The van der Waals surface area contributed by atoms with Crippen LogP contribution in [0.25, 0.3) is 11.4 Å². The first-order valence-electron chi connectivity index (χ1n) is 9.54. The molecule has 1 amide bonds. The summed E-state index contributed by atoms with van der Waals surface area (Å²) in [6.45, 7) is 4.52. The minimum absolute atomic E-state index is 0.115. The first-order chi connectivity index (χ1) is 13.6. The minimum atomic E-state index is -0.183. The molecule has 1 aliphatic rings. The standard InChI is InChI=1S/C22H23N3O3/c1-15(2)27-18-10-8-17(9-11-18)21-23-22(28-24-21)19-12-13-20(26)25(19)14-16-6-4-3-5-7-16/h3-11,15,19H,12-14H2,1-2H3. The summed E-state index contributed by atoms with van der Waals surface area (Å²) >= 11 is 0. The molecule has 28 heavy (non-hydrogen) atoms. The zero-order chi connectivity index (χ0) is 19.5. The monoisotopic (exact) mass is 377 g/mol. The molecule has 0 N–H and O–H groups in total. The molecule has 2 heterocycles. The van der Waals surface area contributed by atoms with Gasteiger partial charge in [0.05, 0.1) is 6.10 Å². The number of hydrogen-bond acceptors (Lipinski definition) is 5. The van der Waals surface area contributed by atoms with Crippen LogP contribution in [0.1, 0.15) is 44.2 Å². The summed E-state index contributed by atoms with van der Waals surface area (Å²) in [6, 6.07) is 17.4. The van der Waals surface area contributed by atoms with Gasteiger partial charge in [0.25, 0.3) is 0 Å². The van der Waals surface area contributed by atoms with Crippen LogP contribution in [0.4, 0.5) is 0 Å². The minimum Gasteiger partial charge on any atom is -0.491 e. The van der Waals surface area contributed by atoms with Crippen LogP contribution in [0.15, 0.2) is 59.1 Å². The molecule has 6 heteroatoms. The highest BCUT2D eigenvalue weighted by Gasteiger charge is 2.35. The lowest BCUT2D eigenvalue weighted by molar-refractivity contribution is -0.129. The van der Waals surface area contributed by atoms with Crippen molar-refractivity contribution in [2.75, 3.05) is 0 Å². The third-order valence-corrected chi connectivity index (χ3v) is 4.74. The highest BCUT2D eigenvalue weighted by atomic mass is 16.5. The van der Waals surface area contributed by atoms with Gasteiger partial charge in [-0.3, -0.25) is 4.79 Å². The van der Waals surface area contributed by atoms with Crippen molar-refractivity contribution in [1.29, 1.82) is 0 Å². The highest BCUT2D eigenvalue weighted by Crippen LogP contribution is 2.34. The van der Waals surface area contributed by atoms with Crippen LogP contribution in [-0.2, 0) is 11.3 Å². The van der Waals surface area contributed by atoms with Gasteiger partial charge in [-0.05, 0) is 50.1 Å². The summed E-state index contributed by atoms with van der Waals surface area (Å²) in [4.78, 5) is 18.8. The predicted octanol–water partition coefficient (Wildman–Crippen LogP) is 4.39. The van der Waals surface area contributed by atoms with E-state index in [1.807, 2.05) is 73.3 Å². The number of likely N-dealkylation sites (tertiary alicyclic amines) is 1. The fourth-order valence-electron chi connectivity index (χ4n) is 3.41. The second-order valence-corrected chi connectivity index (χ2v) is 7.21. The van der Waals surface area contributed by atoms with E-state index in [0.29, 0.717) is 31.1 Å². The number of aromatic nitrogens is 2. The number of benzene rings is 2. The van der Waals surface area contributed by atoms with E-state index >= 15 is 0 Å². The van der Waals surface area contributed by atoms with Crippen LogP contribution in [0.5, 0.6) is 5.75 Å². The molecular formula is C22H23N3O3. The van der Waals surface area contributed by atoms with E-state index in [0.717, 1.165) is 16.9 Å². The van der Waals surface area contributed by atoms with Crippen LogP contribution in [0.2, 0.25) is 0 Å². The summed E-state index contributed by atoms with van der Waals surface area (Å²) in [6.07, 6.45) is 1.31. The molecule has 0 saturated carbocycles. The van der Waals surface area contributed by atoms with Crippen molar-refractivity contribution in [3.63, 3.8) is 0 Å². The van der Waals surface area contributed by atoms with Gasteiger partial charge in [0, 0.05) is 18.5 Å². The normalized spacial score (nSPS) is 16.8. The number of rotatable bonds is 6. The number of nitrogens with zero attached hydrogens (tertiary/aromatic N) is 3. The largest absolute Gasteiger partial charge is 0.491 e. The van der Waals surface area contributed by atoms with Gasteiger partial charge >= 0.3 is 0 Å². The van der Waals surface area contributed by atoms with E-state index < -0.39 is 0 Å². The summed E-state index contributed by atoms with van der Waals surface area (Å²) in [7, 11) is 0. The van der Waals surface area contributed by atoms with E-state index in [1.165, 1.54) is 0 Å². The quantitative estimate of drug-likeness (QED) is 0.637. The van der Waals surface area contributed by atoms with Gasteiger partial charge < -0.3 is 14.2 Å². The molecule has 6 nitrogen and oxygen atoms in total. The SMILES string of the molecule is CC(C)Oc1ccc(-c2noc(C3CCC(=O)N3Cc3ccccc3)n2)cc1. The molecule has 0 bridgehead atoms. The molecule has 0 aliphatic carbocycles. The molecule has 2 aromatic carbocycles. The van der Waals surface area contributed by atoms with E-state index in [4.69, 9.17) is 9.26 Å². The lowest BCUT2D eigenvalue weighted by atomic mass is 10.1. The zero-order valence-electron chi connectivity index (χ0n) is 16.0. The Morgan fingerprint density at radius 3 is 2.61 bits per heavy atom. The van der Waals surface area contributed by atoms with Crippen LogP contribution in [0, 0.1) is 0 Å². The van der Waals surface area contributed by atoms with Gasteiger partial charge in [-0.2, -0.15) is 4.98 Å². The number of ether oxygens (including phenoxy) is 1. The Labute approximate surface area is 164 Å². The van der Waals surface area contributed by atoms with E-state index in [2.05, 4.69) is 10.1 Å². The van der Waals surface area contributed by atoms with E-state index in [1.54, 1.807) is 0 Å². The maximum absolute atomic E-state index is 12.4. The van der Waals surface area contributed by atoms with Crippen molar-refractivity contribution in [3.05, 3.63) is 66.1 Å². The molecular weight excluding hydrogens is 354 g/mol. The number of hydrogen-bond donors (Lipinski definition) is 0. The van der Waals surface area contributed by atoms with Crippen molar-refractivity contribution in [2.45, 2.75) is 45.4 Å². The summed E-state index contributed by atoms with van der Waals surface area (Å²) < 4.78 is 11.2. The maximum Gasteiger partial charge on any atom is 0.249 e. The zero-order valence-corrected chi connectivity index (χ0v) is 16.0. The fraction of sp³-hybridized carbons (Fsp3) is 0.318. The Morgan fingerprint density at radius 1 is 1.14 bits per heavy atom. The first kappa shape index (κ1) is 18.2. The second-order valence-electron chi connectivity index (χ2n) is 7.21. The lowest BCUT2D eigenvalue weighted by Gasteiger charge is -2.22. The molecule has 1 unspecified atom stereocenters. The third-order valence-electron chi connectivity index (χ3n) is 4.74. The van der Waals surface area contributed by atoms with Crippen LogP contribution >= 0.6 is 0 Å². The van der Waals surface area contributed by atoms with Gasteiger partial charge in [0.2, 0.25) is 17.6 Å². The molecule has 144 valence electrons.